The van der Waals surface area contributed by atoms with Gasteiger partial charge in [0.25, 0.3) is 0 Å². The molecule has 2 rings (SSSR count). The average molecular weight is 297 g/mol. The lowest BCUT2D eigenvalue weighted by Gasteiger charge is -2.25. The summed E-state index contributed by atoms with van der Waals surface area (Å²) in [6.07, 6.45) is 2.35. The molecule has 20 heavy (non-hydrogen) atoms. The number of rotatable bonds is 5. The number of hydrogen-bond donors (Lipinski definition) is 1. The molecule has 1 aromatic rings. The fraction of sp³-hybridized carbons (Fsp3) is 0.571. The highest BCUT2D eigenvalue weighted by Crippen LogP contribution is 2.23. The van der Waals surface area contributed by atoms with Crippen LogP contribution in [-0.4, -0.2) is 58.1 Å². The zero-order valence-corrected chi connectivity index (χ0v) is 12.9. The van der Waals surface area contributed by atoms with Gasteiger partial charge in [-0.25, -0.2) is 8.42 Å². The number of benzene rings is 1. The van der Waals surface area contributed by atoms with Crippen LogP contribution in [0.3, 0.4) is 0 Å². The lowest BCUT2D eigenvalue weighted by atomic mass is 10.2. The van der Waals surface area contributed by atoms with Gasteiger partial charge in [-0.3, -0.25) is 0 Å². The third kappa shape index (κ3) is 4.11. The van der Waals surface area contributed by atoms with Gasteiger partial charge in [-0.15, -0.1) is 0 Å². The molecule has 2 N–H and O–H groups in total. The summed E-state index contributed by atoms with van der Waals surface area (Å²) in [4.78, 5) is 4.47. The molecule has 1 atom stereocenters. The highest BCUT2D eigenvalue weighted by molar-refractivity contribution is 7.90. The first kappa shape index (κ1) is 15.1. The van der Waals surface area contributed by atoms with Gasteiger partial charge in [-0.1, -0.05) is 0 Å². The van der Waals surface area contributed by atoms with Gasteiger partial charge in [-0.05, 0) is 37.7 Å². The second-order valence-corrected chi connectivity index (χ2v) is 7.85. The Balaban J connectivity index is 1.90. The zero-order valence-electron chi connectivity index (χ0n) is 12.1. The van der Waals surface area contributed by atoms with Crippen LogP contribution >= 0.6 is 0 Å². The zero-order chi connectivity index (χ0) is 14.8. The summed E-state index contributed by atoms with van der Waals surface area (Å²) in [6.45, 7) is 2.53. The van der Waals surface area contributed by atoms with Crippen molar-refractivity contribution in [2.75, 3.05) is 49.3 Å². The number of sulfone groups is 1. The fourth-order valence-corrected chi connectivity index (χ4v) is 3.13. The summed E-state index contributed by atoms with van der Waals surface area (Å²) in [5, 5.41) is 0. The van der Waals surface area contributed by atoms with Gasteiger partial charge in [0, 0.05) is 43.3 Å². The molecule has 6 heteroatoms. The largest absolute Gasteiger partial charge is 0.399 e. The van der Waals surface area contributed by atoms with E-state index in [0.717, 1.165) is 25.2 Å². The highest BCUT2D eigenvalue weighted by Gasteiger charge is 2.26. The third-order valence-electron chi connectivity index (χ3n) is 3.86. The van der Waals surface area contributed by atoms with E-state index in [4.69, 9.17) is 5.73 Å². The van der Waals surface area contributed by atoms with E-state index in [1.165, 1.54) is 11.9 Å². The Hall–Kier alpha value is -1.27. The fourth-order valence-electron chi connectivity index (χ4n) is 2.51. The third-order valence-corrected chi connectivity index (χ3v) is 4.78. The number of likely N-dealkylation sites (N-methyl/N-ethyl adjacent to an activating group) is 1. The topological polar surface area (TPSA) is 66.6 Å². The van der Waals surface area contributed by atoms with E-state index >= 15 is 0 Å². The first-order valence-corrected chi connectivity index (χ1v) is 8.90. The molecule has 0 radical (unpaired) electrons. The Labute approximate surface area is 121 Å². The molecule has 0 aromatic heterocycles. The molecule has 1 fully saturated rings. The predicted octanol–water partition coefficient (Wildman–Crippen LogP) is 0.824. The SMILES string of the molecule is CN(CCS(C)(=O)=O)C1CCN(c2ccc(N)cc2)C1. The van der Waals surface area contributed by atoms with Crippen molar-refractivity contribution in [3.8, 4) is 0 Å². The second-order valence-electron chi connectivity index (χ2n) is 5.59. The van der Waals surface area contributed by atoms with E-state index in [9.17, 15) is 8.42 Å². The maximum Gasteiger partial charge on any atom is 0.148 e. The standard InChI is InChI=1S/C14H23N3O2S/c1-16(9-10-20(2,18)19)14-7-8-17(11-14)13-5-3-12(15)4-6-13/h3-6,14H,7-11,15H2,1-2H3. The van der Waals surface area contributed by atoms with Crippen LogP contribution in [0.2, 0.25) is 0 Å². The molecule has 0 spiro atoms. The molecule has 0 aliphatic carbocycles. The summed E-state index contributed by atoms with van der Waals surface area (Å²) in [5.41, 5.74) is 7.65. The highest BCUT2D eigenvalue weighted by atomic mass is 32.2. The van der Waals surface area contributed by atoms with Crippen molar-refractivity contribution >= 4 is 21.2 Å². The van der Waals surface area contributed by atoms with Crippen LogP contribution in [0.4, 0.5) is 11.4 Å². The molecule has 0 saturated carbocycles. The summed E-state index contributed by atoms with van der Waals surface area (Å²) < 4.78 is 22.4. The Morgan fingerprint density at radius 2 is 2.00 bits per heavy atom. The summed E-state index contributed by atoms with van der Waals surface area (Å²) >= 11 is 0. The van der Waals surface area contributed by atoms with E-state index in [1.807, 2.05) is 31.3 Å². The Morgan fingerprint density at radius 1 is 1.35 bits per heavy atom. The molecular formula is C14H23N3O2S. The van der Waals surface area contributed by atoms with Gasteiger partial charge in [0.1, 0.15) is 9.84 Å². The van der Waals surface area contributed by atoms with Crippen molar-refractivity contribution in [3.63, 3.8) is 0 Å². The van der Waals surface area contributed by atoms with E-state index < -0.39 is 9.84 Å². The first-order valence-electron chi connectivity index (χ1n) is 6.83. The monoisotopic (exact) mass is 297 g/mol. The van der Waals surface area contributed by atoms with Crippen molar-refractivity contribution in [2.45, 2.75) is 12.5 Å². The lowest BCUT2D eigenvalue weighted by Crippen LogP contribution is -2.37. The number of nitrogens with two attached hydrogens (primary N) is 1. The second kappa shape index (κ2) is 6.01. The van der Waals surface area contributed by atoms with Crippen molar-refractivity contribution < 1.29 is 8.42 Å². The molecule has 1 aromatic carbocycles. The normalized spacial score (nSPS) is 19.8. The Kier molecular flexibility index (Phi) is 4.55. The van der Waals surface area contributed by atoms with Crippen LogP contribution in [0.25, 0.3) is 0 Å². The maximum absolute atomic E-state index is 11.2. The smallest absolute Gasteiger partial charge is 0.148 e. The predicted molar refractivity (Wildman–Crippen MR) is 83.8 cm³/mol. The van der Waals surface area contributed by atoms with E-state index in [1.54, 1.807) is 0 Å². The van der Waals surface area contributed by atoms with Crippen molar-refractivity contribution in [2.24, 2.45) is 0 Å². The Morgan fingerprint density at radius 3 is 2.60 bits per heavy atom. The molecule has 1 aliphatic rings. The van der Waals surface area contributed by atoms with Crippen LogP contribution in [-0.2, 0) is 9.84 Å². The van der Waals surface area contributed by atoms with Crippen LogP contribution in [0.15, 0.2) is 24.3 Å². The molecule has 1 aliphatic heterocycles. The minimum Gasteiger partial charge on any atom is -0.399 e. The molecular weight excluding hydrogens is 274 g/mol. The Bertz CT molecular complexity index is 542. The van der Waals surface area contributed by atoms with Crippen LogP contribution in [0, 0.1) is 0 Å². The molecule has 112 valence electrons. The minimum absolute atomic E-state index is 0.224. The number of nitrogens with zero attached hydrogens (tertiary/aromatic N) is 2. The van der Waals surface area contributed by atoms with Crippen LogP contribution in [0.5, 0.6) is 0 Å². The summed E-state index contributed by atoms with van der Waals surface area (Å²) in [6, 6.07) is 8.31. The van der Waals surface area contributed by atoms with Crippen molar-refractivity contribution in [3.05, 3.63) is 24.3 Å². The van der Waals surface area contributed by atoms with Crippen LogP contribution < -0.4 is 10.6 Å². The number of anilines is 2. The van der Waals surface area contributed by atoms with Gasteiger partial charge in [0.2, 0.25) is 0 Å². The van der Waals surface area contributed by atoms with Gasteiger partial charge in [-0.2, -0.15) is 0 Å². The van der Waals surface area contributed by atoms with Gasteiger partial charge < -0.3 is 15.5 Å². The van der Waals surface area contributed by atoms with Gasteiger partial charge in [0.15, 0.2) is 0 Å². The molecule has 5 nitrogen and oxygen atoms in total. The van der Waals surface area contributed by atoms with Gasteiger partial charge >= 0.3 is 0 Å². The van der Waals surface area contributed by atoms with Crippen LogP contribution in [0.1, 0.15) is 6.42 Å². The molecule has 0 amide bonds. The molecule has 0 bridgehead atoms. The first-order chi connectivity index (χ1) is 9.35. The maximum atomic E-state index is 11.2. The molecule has 1 saturated heterocycles. The van der Waals surface area contributed by atoms with E-state index in [-0.39, 0.29) is 5.75 Å². The molecule has 1 unspecified atom stereocenters. The summed E-state index contributed by atoms with van der Waals surface area (Å²) in [5.74, 6) is 0.224. The summed E-state index contributed by atoms with van der Waals surface area (Å²) in [7, 11) is -0.886. The van der Waals surface area contributed by atoms with E-state index in [2.05, 4.69) is 9.80 Å². The lowest BCUT2D eigenvalue weighted by molar-refractivity contribution is 0.273. The number of hydrogen-bond acceptors (Lipinski definition) is 5. The van der Waals surface area contributed by atoms with Crippen molar-refractivity contribution in [1.82, 2.24) is 4.90 Å². The van der Waals surface area contributed by atoms with Crippen molar-refractivity contribution in [1.29, 1.82) is 0 Å². The average Bonchev–Trinajstić information content (AvgIpc) is 2.85. The van der Waals surface area contributed by atoms with E-state index in [0.29, 0.717) is 12.6 Å². The minimum atomic E-state index is -2.89. The number of nitrogen functional groups attached to an aromatic ring is 1. The molecule has 1 heterocycles. The van der Waals surface area contributed by atoms with Gasteiger partial charge in [0.05, 0.1) is 5.75 Å². The quantitative estimate of drug-likeness (QED) is 0.815.